The van der Waals surface area contributed by atoms with E-state index in [1.54, 1.807) is 0 Å². The van der Waals surface area contributed by atoms with Crippen molar-refractivity contribution >= 4 is 5.91 Å². The van der Waals surface area contributed by atoms with Crippen LogP contribution in [0.25, 0.3) is 0 Å². The average Bonchev–Trinajstić information content (AvgIpc) is 3.36. The van der Waals surface area contributed by atoms with Crippen molar-refractivity contribution in [3.8, 4) is 0 Å². The molecule has 5 rings (SSSR count). The van der Waals surface area contributed by atoms with Crippen molar-refractivity contribution in [1.82, 2.24) is 24.7 Å². The Bertz CT molecular complexity index is 1040. The standard InChI is InChI=1S/C27H34F3N5O/c1-18-25(19(2)32-17-31-18)26(36)35-14-21-10-33(11-22(21)15-35)9-8-24(20-6-4-3-5-7-20)23-12-34(13-23)16-27(28,29)30/h3-7,17,21-24H,8-16H2,1-2H3/t21-,22+,24?. The van der Waals surface area contributed by atoms with Gasteiger partial charge in [0.15, 0.2) is 0 Å². The average molecular weight is 502 g/mol. The van der Waals surface area contributed by atoms with Gasteiger partial charge in [-0.25, -0.2) is 9.97 Å². The fourth-order valence-corrected chi connectivity index (χ4v) is 6.44. The molecule has 3 saturated heterocycles. The van der Waals surface area contributed by atoms with E-state index >= 15 is 0 Å². The Morgan fingerprint density at radius 1 is 0.944 bits per heavy atom. The molecule has 0 radical (unpaired) electrons. The van der Waals surface area contributed by atoms with Crippen LogP contribution in [0, 0.1) is 31.6 Å². The molecular formula is C27H34F3N5O. The SMILES string of the molecule is Cc1ncnc(C)c1C(=O)N1C[C@H]2CN(CCC(c3ccccc3)C3CN(CC(F)(F)F)C3)C[C@H]2C1. The second kappa shape index (κ2) is 10.1. The zero-order chi connectivity index (χ0) is 25.4. The molecule has 0 aliphatic carbocycles. The fourth-order valence-electron chi connectivity index (χ4n) is 6.44. The van der Waals surface area contributed by atoms with Crippen LogP contribution in [0.3, 0.4) is 0 Å². The summed E-state index contributed by atoms with van der Waals surface area (Å²) in [6.45, 7) is 8.27. The minimum absolute atomic E-state index is 0.0316. The molecule has 0 saturated carbocycles. The summed E-state index contributed by atoms with van der Waals surface area (Å²) < 4.78 is 38.3. The molecule has 9 heteroatoms. The lowest BCUT2D eigenvalue weighted by Gasteiger charge is -2.44. The van der Waals surface area contributed by atoms with Gasteiger partial charge >= 0.3 is 6.18 Å². The molecule has 3 aliphatic heterocycles. The molecule has 194 valence electrons. The van der Waals surface area contributed by atoms with Gasteiger partial charge in [-0.05, 0) is 56.0 Å². The predicted octanol–water partition coefficient (Wildman–Crippen LogP) is 3.77. The lowest BCUT2D eigenvalue weighted by atomic mass is 9.79. The van der Waals surface area contributed by atoms with Crippen LogP contribution >= 0.6 is 0 Å². The van der Waals surface area contributed by atoms with Crippen LogP contribution in [-0.2, 0) is 0 Å². The van der Waals surface area contributed by atoms with Gasteiger partial charge in [0.1, 0.15) is 6.33 Å². The summed E-state index contributed by atoms with van der Waals surface area (Å²) in [5.74, 6) is 1.47. The van der Waals surface area contributed by atoms with Crippen LogP contribution in [0.15, 0.2) is 36.7 Å². The van der Waals surface area contributed by atoms with Crippen molar-refractivity contribution < 1.29 is 18.0 Å². The van der Waals surface area contributed by atoms with Gasteiger partial charge < -0.3 is 9.80 Å². The first-order valence-electron chi connectivity index (χ1n) is 12.8. The Labute approximate surface area is 210 Å². The van der Waals surface area contributed by atoms with Gasteiger partial charge in [-0.2, -0.15) is 13.2 Å². The molecule has 1 unspecified atom stereocenters. The number of nitrogens with zero attached hydrogens (tertiary/aromatic N) is 5. The number of fused-ring (bicyclic) bond motifs is 1. The second-order valence-electron chi connectivity index (χ2n) is 10.8. The lowest BCUT2D eigenvalue weighted by molar-refractivity contribution is -0.159. The summed E-state index contributed by atoms with van der Waals surface area (Å²) in [5, 5.41) is 0. The fraction of sp³-hybridized carbons (Fsp3) is 0.593. The number of alkyl halides is 3. The highest BCUT2D eigenvalue weighted by atomic mass is 19.4. The molecule has 1 aromatic carbocycles. The number of aryl methyl sites for hydroxylation is 2. The van der Waals surface area contributed by atoms with Crippen LogP contribution in [0.1, 0.15) is 39.6 Å². The maximum absolute atomic E-state index is 13.2. The van der Waals surface area contributed by atoms with Gasteiger partial charge in [0.05, 0.1) is 23.5 Å². The van der Waals surface area contributed by atoms with Crippen molar-refractivity contribution in [1.29, 1.82) is 0 Å². The third-order valence-electron chi connectivity index (χ3n) is 8.23. The Kier molecular flexibility index (Phi) is 7.05. The summed E-state index contributed by atoms with van der Waals surface area (Å²) in [4.78, 5) is 27.5. The first kappa shape index (κ1) is 25.1. The topological polar surface area (TPSA) is 52.6 Å². The number of hydrogen-bond acceptors (Lipinski definition) is 5. The highest BCUT2D eigenvalue weighted by molar-refractivity contribution is 5.96. The molecular weight excluding hydrogens is 467 g/mol. The zero-order valence-corrected chi connectivity index (χ0v) is 20.9. The number of amides is 1. The molecule has 4 heterocycles. The maximum atomic E-state index is 13.2. The number of aromatic nitrogens is 2. The molecule has 1 amide bonds. The van der Waals surface area contributed by atoms with E-state index in [9.17, 15) is 18.0 Å². The van der Waals surface area contributed by atoms with Crippen molar-refractivity contribution in [3.05, 3.63) is 59.2 Å². The quantitative estimate of drug-likeness (QED) is 0.578. The molecule has 1 aromatic heterocycles. The minimum atomic E-state index is -4.14. The summed E-state index contributed by atoms with van der Waals surface area (Å²) >= 11 is 0. The minimum Gasteiger partial charge on any atom is -0.338 e. The van der Waals surface area contributed by atoms with Crippen LogP contribution < -0.4 is 0 Å². The molecule has 36 heavy (non-hydrogen) atoms. The number of halogens is 3. The van der Waals surface area contributed by atoms with Gasteiger partial charge in [-0.3, -0.25) is 9.69 Å². The van der Waals surface area contributed by atoms with Crippen LogP contribution in [-0.4, -0.2) is 89.1 Å². The van der Waals surface area contributed by atoms with Crippen LogP contribution in [0.4, 0.5) is 13.2 Å². The summed E-state index contributed by atoms with van der Waals surface area (Å²) in [5.41, 5.74) is 3.30. The van der Waals surface area contributed by atoms with Crippen molar-refractivity contribution in [2.45, 2.75) is 32.4 Å². The smallest absolute Gasteiger partial charge is 0.338 e. The molecule has 6 nitrogen and oxygen atoms in total. The normalized spacial score (nSPS) is 24.1. The largest absolute Gasteiger partial charge is 0.401 e. The van der Waals surface area contributed by atoms with Crippen molar-refractivity contribution in [3.63, 3.8) is 0 Å². The molecule has 0 spiro atoms. The zero-order valence-electron chi connectivity index (χ0n) is 20.9. The molecule has 2 aromatic rings. The van der Waals surface area contributed by atoms with Crippen molar-refractivity contribution in [2.24, 2.45) is 17.8 Å². The number of hydrogen-bond donors (Lipinski definition) is 0. The molecule has 3 atom stereocenters. The molecule has 3 fully saturated rings. The van der Waals surface area contributed by atoms with Crippen LogP contribution in [0.5, 0.6) is 0 Å². The monoisotopic (exact) mass is 501 g/mol. The Morgan fingerprint density at radius 3 is 2.14 bits per heavy atom. The van der Waals surface area contributed by atoms with Gasteiger partial charge in [0, 0.05) is 39.3 Å². The molecule has 0 N–H and O–H groups in total. The maximum Gasteiger partial charge on any atom is 0.401 e. The number of carbonyl (C=O) groups is 1. The van der Waals surface area contributed by atoms with Gasteiger partial charge in [-0.15, -0.1) is 0 Å². The Hall–Kier alpha value is -2.52. The van der Waals surface area contributed by atoms with Gasteiger partial charge in [0.2, 0.25) is 0 Å². The summed E-state index contributed by atoms with van der Waals surface area (Å²) in [7, 11) is 0. The lowest BCUT2D eigenvalue weighted by Crippen LogP contribution is -2.52. The molecule has 0 bridgehead atoms. The number of benzene rings is 1. The second-order valence-corrected chi connectivity index (χ2v) is 10.8. The first-order chi connectivity index (χ1) is 17.2. The van der Waals surface area contributed by atoms with E-state index < -0.39 is 12.7 Å². The van der Waals surface area contributed by atoms with E-state index in [4.69, 9.17) is 0 Å². The number of likely N-dealkylation sites (tertiary alicyclic amines) is 3. The Balaban J connectivity index is 1.16. The third kappa shape index (κ3) is 5.42. The third-order valence-corrected chi connectivity index (χ3v) is 8.23. The summed E-state index contributed by atoms with van der Waals surface area (Å²) in [6, 6.07) is 10.2. The van der Waals surface area contributed by atoms with E-state index in [1.807, 2.05) is 36.9 Å². The van der Waals surface area contributed by atoms with E-state index in [2.05, 4.69) is 27.0 Å². The predicted molar refractivity (Wildman–Crippen MR) is 131 cm³/mol. The van der Waals surface area contributed by atoms with E-state index in [0.717, 1.165) is 50.5 Å². The molecule has 3 aliphatic rings. The highest BCUT2D eigenvalue weighted by Crippen LogP contribution is 2.38. The van der Waals surface area contributed by atoms with E-state index in [1.165, 1.54) is 16.8 Å². The first-order valence-corrected chi connectivity index (χ1v) is 12.8. The van der Waals surface area contributed by atoms with Crippen LogP contribution in [0.2, 0.25) is 0 Å². The number of rotatable bonds is 7. The van der Waals surface area contributed by atoms with E-state index in [0.29, 0.717) is 30.5 Å². The van der Waals surface area contributed by atoms with Gasteiger partial charge in [-0.1, -0.05) is 30.3 Å². The van der Waals surface area contributed by atoms with E-state index in [-0.39, 0.29) is 17.7 Å². The Morgan fingerprint density at radius 2 is 1.56 bits per heavy atom. The highest BCUT2D eigenvalue weighted by Gasteiger charge is 2.43. The van der Waals surface area contributed by atoms with Crippen molar-refractivity contribution in [2.75, 3.05) is 52.4 Å². The van der Waals surface area contributed by atoms with Gasteiger partial charge in [0.25, 0.3) is 5.91 Å². The summed E-state index contributed by atoms with van der Waals surface area (Å²) in [6.07, 6.45) is -1.70. The number of carbonyl (C=O) groups excluding carboxylic acids is 1.